The van der Waals surface area contributed by atoms with Crippen molar-refractivity contribution in [1.29, 1.82) is 0 Å². The summed E-state index contributed by atoms with van der Waals surface area (Å²) >= 11 is 0. The van der Waals surface area contributed by atoms with Gasteiger partial charge in [-0.1, -0.05) is 43.3 Å². The van der Waals surface area contributed by atoms with Crippen LogP contribution in [0.1, 0.15) is 30.0 Å². The molecule has 0 unspecified atom stereocenters. The molecule has 0 bridgehead atoms. The zero-order valence-corrected chi connectivity index (χ0v) is 24.4. The number of carbonyl (C=O) groups is 1. The fraction of sp³-hybridized carbons (Fsp3) is 0.139. The van der Waals surface area contributed by atoms with Crippen LogP contribution in [0.25, 0.3) is 23.0 Å². The van der Waals surface area contributed by atoms with E-state index in [1.54, 1.807) is 7.11 Å². The lowest BCUT2D eigenvalue weighted by Crippen LogP contribution is -2.21. The number of nitrogens with zero attached hydrogens (tertiary/aromatic N) is 4. The van der Waals surface area contributed by atoms with E-state index in [2.05, 4.69) is 13.0 Å². The van der Waals surface area contributed by atoms with Gasteiger partial charge in [0.05, 0.1) is 36.4 Å². The Labute approximate surface area is 251 Å². The standard InChI is InChI=1S/C36H32N4O3/c1-4-21-43-33-20-17-27(22-25(33)2)34-28(24-39(37-34)29-11-7-5-8-12-29)23-32-35(26-15-18-31(42-3)19-16-26)38-40(36(32)41)30-13-9-6-10-14-30/h5-20,22-24H,4,21H2,1-3H3. The van der Waals surface area contributed by atoms with Gasteiger partial charge in [0.15, 0.2) is 0 Å². The summed E-state index contributed by atoms with van der Waals surface area (Å²) in [6, 6.07) is 33.0. The zero-order chi connectivity index (χ0) is 29.8. The second kappa shape index (κ2) is 12.2. The number of aromatic nitrogens is 2. The first-order valence-corrected chi connectivity index (χ1v) is 14.3. The first kappa shape index (κ1) is 27.7. The average Bonchev–Trinajstić information content (AvgIpc) is 3.62. The summed E-state index contributed by atoms with van der Waals surface area (Å²) in [5.74, 6) is 1.37. The van der Waals surface area contributed by atoms with Crippen LogP contribution in [0.5, 0.6) is 11.5 Å². The fourth-order valence-electron chi connectivity index (χ4n) is 5.01. The molecule has 5 aromatic rings. The molecule has 7 nitrogen and oxygen atoms in total. The monoisotopic (exact) mass is 568 g/mol. The molecular formula is C36H32N4O3. The van der Waals surface area contributed by atoms with E-state index in [4.69, 9.17) is 19.7 Å². The molecular weight excluding hydrogens is 536 g/mol. The molecule has 0 aliphatic carbocycles. The van der Waals surface area contributed by atoms with Crippen LogP contribution in [0, 0.1) is 6.92 Å². The molecule has 0 N–H and O–H groups in total. The van der Waals surface area contributed by atoms with Crippen molar-refractivity contribution in [2.75, 3.05) is 18.7 Å². The SMILES string of the molecule is CCCOc1ccc(-c2nn(-c3ccccc3)cc2C=C2C(=O)N(c3ccccc3)N=C2c2ccc(OC)cc2)cc1C. The van der Waals surface area contributed by atoms with Gasteiger partial charge in [-0.2, -0.15) is 15.2 Å². The van der Waals surface area contributed by atoms with Crippen molar-refractivity contribution in [2.24, 2.45) is 5.10 Å². The lowest BCUT2D eigenvalue weighted by molar-refractivity contribution is -0.114. The van der Waals surface area contributed by atoms with Crippen molar-refractivity contribution < 1.29 is 14.3 Å². The van der Waals surface area contributed by atoms with Gasteiger partial charge < -0.3 is 9.47 Å². The summed E-state index contributed by atoms with van der Waals surface area (Å²) in [7, 11) is 1.63. The second-order valence-corrected chi connectivity index (χ2v) is 10.2. The van der Waals surface area contributed by atoms with Crippen molar-refractivity contribution in [3.63, 3.8) is 0 Å². The highest BCUT2D eigenvalue weighted by Gasteiger charge is 2.32. The highest BCUT2D eigenvalue weighted by atomic mass is 16.5. The quantitative estimate of drug-likeness (QED) is 0.173. The predicted molar refractivity (Wildman–Crippen MR) is 171 cm³/mol. The van der Waals surface area contributed by atoms with E-state index < -0.39 is 0 Å². The van der Waals surface area contributed by atoms with Crippen LogP contribution in [-0.4, -0.2) is 35.1 Å². The van der Waals surface area contributed by atoms with Gasteiger partial charge in [0.1, 0.15) is 17.2 Å². The maximum atomic E-state index is 14.0. The number of benzene rings is 4. The summed E-state index contributed by atoms with van der Waals surface area (Å²) in [5.41, 5.74) is 6.97. The molecule has 6 rings (SSSR count). The largest absolute Gasteiger partial charge is 0.497 e. The van der Waals surface area contributed by atoms with Crippen molar-refractivity contribution in [3.05, 3.63) is 132 Å². The number of amides is 1. The number of hydrogen-bond donors (Lipinski definition) is 0. The van der Waals surface area contributed by atoms with Gasteiger partial charge in [0.2, 0.25) is 0 Å². The average molecular weight is 569 g/mol. The maximum Gasteiger partial charge on any atom is 0.281 e. The molecule has 0 saturated carbocycles. The third kappa shape index (κ3) is 5.70. The van der Waals surface area contributed by atoms with E-state index in [-0.39, 0.29) is 5.91 Å². The third-order valence-corrected chi connectivity index (χ3v) is 7.22. The zero-order valence-electron chi connectivity index (χ0n) is 24.4. The smallest absolute Gasteiger partial charge is 0.281 e. The lowest BCUT2D eigenvalue weighted by Gasteiger charge is -2.11. The summed E-state index contributed by atoms with van der Waals surface area (Å²) in [4.78, 5) is 14.0. The van der Waals surface area contributed by atoms with E-state index in [0.29, 0.717) is 23.6 Å². The van der Waals surface area contributed by atoms with E-state index in [1.807, 2.05) is 121 Å². The van der Waals surface area contributed by atoms with Crippen LogP contribution in [-0.2, 0) is 4.79 Å². The summed E-state index contributed by atoms with van der Waals surface area (Å²) in [6.07, 6.45) is 4.79. The summed E-state index contributed by atoms with van der Waals surface area (Å²) < 4.78 is 13.1. The van der Waals surface area contributed by atoms with Crippen LogP contribution in [0.15, 0.2) is 120 Å². The molecule has 0 spiro atoms. The molecule has 4 aromatic carbocycles. The minimum atomic E-state index is -0.213. The molecule has 0 saturated heterocycles. The van der Waals surface area contributed by atoms with Gasteiger partial charge >= 0.3 is 0 Å². The third-order valence-electron chi connectivity index (χ3n) is 7.22. The molecule has 1 aliphatic heterocycles. The molecule has 2 heterocycles. The Morgan fingerprint density at radius 2 is 1.51 bits per heavy atom. The van der Waals surface area contributed by atoms with Gasteiger partial charge in [-0.3, -0.25) is 4.79 Å². The van der Waals surface area contributed by atoms with Crippen molar-refractivity contribution in [1.82, 2.24) is 9.78 Å². The Bertz CT molecular complexity index is 1810. The van der Waals surface area contributed by atoms with E-state index in [1.165, 1.54) is 5.01 Å². The van der Waals surface area contributed by atoms with Gasteiger partial charge in [0.25, 0.3) is 5.91 Å². The van der Waals surface area contributed by atoms with E-state index >= 15 is 0 Å². The first-order chi connectivity index (χ1) is 21.1. The minimum Gasteiger partial charge on any atom is -0.497 e. The number of hydrazone groups is 1. The Kier molecular flexibility index (Phi) is 7.87. The van der Waals surface area contributed by atoms with Gasteiger partial charge in [-0.25, -0.2) is 4.68 Å². The Morgan fingerprint density at radius 3 is 2.16 bits per heavy atom. The summed E-state index contributed by atoms with van der Waals surface area (Å²) in [6.45, 7) is 4.79. The molecule has 7 heteroatoms. The van der Waals surface area contributed by atoms with Crippen molar-refractivity contribution in [3.8, 4) is 28.4 Å². The molecule has 0 fully saturated rings. The van der Waals surface area contributed by atoms with Gasteiger partial charge in [-0.05, 0) is 91.7 Å². The van der Waals surface area contributed by atoms with Gasteiger partial charge in [-0.15, -0.1) is 0 Å². The number of rotatable bonds is 9. The predicted octanol–water partition coefficient (Wildman–Crippen LogP) is 7.48. The number of ether oxygens (including phenoxy) is 2. The van der Waals surface area contributed by atoms with Gasteiger partial charge in [0, 0.05) is 22.9 Å². The normalized spacial score (nSPS) is 13.8. The van der Waals surface area contributed by atoms with Crippen LogP contribution < -0.4 is 14.5 Å². The highest BCUT2D eigenvalue weighted by molar-refractivity contribution is 6.37. The molecule has 0 atom stereocenters. The Hall–Kier alpha value is -5.43. The number of hydrogen-bond acceptors (Lipinski definition) is 5. The highest BCUT2D eigenvalue weighted by Crippen LogP contribution is 2.33. The molecule has 1 amide bonds. The Balaban J connectivity index is 1.49. The number of para-hydroxylation sites is 2. The summed E-state index contributed by atoms with van der Waals surface area (Å²) in [5, 5.41) is 11.3. The van der Waals surface area contributed by atoms with Crippen molar-refractivity contribution >= 4 is 23.4 Å². The number of carbonyl (C=O) groups excluding carboxylic acids is 1. The molecule has 1 aliphatic rings. The molecule has 214 valence electrons. The number of aryl methyl sites for hydroxylation is 1. The van der Waals surface area contributed by atoms with E-state index in [0.717, 1.165) is 51.6 Å². The Morgan fingerprint density at radius 1 is 0.837 bits per heavy atom. The molecule has 0 radical (unpaired) electrons. The lowest BCUT2D eigenvalue weighted by atomic mass is 9.98. The minimum absolute atomic E-state index is 0.213. The molecule has 1 aromatic heterocycles. The fourth-order valence-corrected chi connectivity index (χ4v) is 5.01. The second-order valence-electron chi connectivity index (χ2n) is 10.2. The first-order valence-electron chi connectivity index (χ1n) is 14.3. The topological polar surface area (TPSA) is 69.0 Å². The van der Waals surface area contributed by atoms with Crippen molar-refractivity contribution in [2.45, 2.75) is 20.3 Å². The number of methoxy groups -OCH3 is 1. The van der Waals surface area contributed by atoms with Crippen LogP contribution in [0.2, 0.25) is 0 Å². The van der Waals surface area contributed by atoms with Crippen LogP contribution in [0.4, 0.5) is 5.69 Å². The molecule has 43 heavy (non-hydrogen) atoms. The maximum absolute atomic E-state index is 14.0. The van der Waals surface area contributed by atoms with Crippen LogP contribution in [0.3, 0.4) is 0 Å². The van der Waals surface area contributed by atoms with Crippen LogP contribution >= 0.6 is 0 Å². The van der Waals surface area contributed by atoms with E-state index in [9.17, 15) is 4.79 Å². The number of anilines is 1.